The zero-order valence-corrected chi connectivity index (χ0v) is 18.0. The van der Waals surface area contributed by atoms with Crippen LogP contribution in [0.4, 0.5) is 0 Å². The van der Waals surface area contributed by atoms with Crippen LogP contribution in [0.2, 0.25) is 5.02 Å². The van der Waals surface area contributed by atoms with Crippen molar-refractivity contribution in [3.05, 3.63) is 40.9 Å². The van der Waals surface area contributed by atoms with Crippen LogP contribution in [-0.2, 0) is 19.5 Å². The van der Waals surface area contributed by atoms with Crippen LogP contribution in [0, 0.1) is 0 Å². The summed E-state index contributed by atoms with van der Waals surface area (Å²) in [5.41, 5.74) is 0. The minimum atomic E-state index is -0.0166. The Kier molecular flexibility index (Phi) is 7.95. The lowest BCUT2D eigenvalue weighted by Crippen LogP contribution is -2.41. The summed E-state index contributed by atoms with van der Waals surface area (Å²) in [6, 6.07) is 7.35. The summed E-state index contributed by atoms with van der Waals surface area (Å²) in [5.74, 6) is 3.52. The van der Waals surface area contributed by atoms with Gasteiger partial charge in [-0.05, 0) is 37.6 Å². The Bertz CT molecular complexity index is 733. The molecule has 7 nitrogen and oxygen atoms in total. The molecule has 1 unspecified atom stereocenters. The number of hydrogen-bond donors (Lipinski definition) is 2. The predicted molar refractivity (Wildman–Crippen MR) is 114 cm³/mol. The quantitative estimate of drug-likeness (QED) is 0.370. The molecule has 3 rings (SSSR count). The second-order valence-electron chi connectivity index (χ2n) is 5.98. The molecule has 0 bridgehead atoms. The number of aliphatic imine (C=N–C) groups is 1. The van der Waals surface area contributed by atoms with Gasteiger partial charge in [-0.3, -0.25) is 4.99 Å². The van der Waals surface area contributed by atoms with Crippen molar-refractivity contribution in [3.8, 4) is 5.75 Å². The van der Waals surface area contributed by atoms with E-state index in [4.69, 9.17) is 16.3 Å². The number of hydrogen-bond acceptors (Lipinski definition) is 4. The summed E-state index contributed by atoms with van der Waals surface area (Å²) in [5, 5.41) is 15.7. The lowest BCUT2D eigenvalue weighted by Gasteiger charge is -2.17. The van der Waals surface area contributed by atoms with Crippen molar-refractivity contribution >= 4 is 41.5 Å². The van der Waals surface area contributed by atoms with Crippen LogP contribution in [0.15, 0.2) is 29.3 Å². The molecule has 1 aromatic heterocycles. The van der Waals surface area contributed by atoms with Crippen molar-refractivity contribution in [1.29, 1.82) is 0 Å². The zero-order chi connectivity index (χ0) is 17.6. The van der Waals surface area contributed by atoms with Crippen LogP contribution in [-0.4, -0.2) is 40.4 Å². The smallest absolute Gasteiger partial charge is 0.191 e. The first kappa shape index (κ1) is 20.8. The Morgan fingerprint density at radius 3 is 2.81 bits per heavy atom. The largest absolute Gasteiger partial charge is 0.489 e. The Morgan fingerprint density at radius 1 is 1.31 bits per heavy atom. The van der Waals surface area contributed by atoms with Crippen LogP contribution in [0.5, 0.6) is 5.75 Å². The Labute approximate surface area is 175 Å². The van der Waals surface area contributed by atoms with E-state index in [-0.39, 0.29) is 30.1 Å². The van der Waals surface area contributed by atoms with Gasteiger partial charge in [0.05, 0.1) is 13.1 Å². The normalized spacial score (nSPS) is 14.3. The van der Waals surface area contributed by atoms with Gasteiger partial charge < -0.3 is 19.9 Å². The Hall–Kier alpha value is -1.55. The highest BCUT2D eigenvalue weighted by Crippen LogP contribution is 2.16. The molecule has 1 aromatic carbocycles. The maximum Gasteiger partial charge on any atom is 0.191 e. The number of fused-ring (bicyclic) bond motifs is 1. The predicted octanol–water partition coefficient (Wildman–Crippen LogP) is 2.63. The number of aryl methyl sites for hydroxylation is 1. The minimum absolute atomic E-state index is 0. The molecule has 0 amide bonds. The SMILES string of the molecule is CN=C(NCc1nnc2n1CCC2)NCC(C)Oc1ccc(Cl)cc1.I. The van der Waals surface area contributed by atoms with Gasteiger partial charge in [-0.2, -0.15) is 0 Å². The van der Waals surface area contributed by atoms with E-state index in [1.165, 1.54) is 0 Å². The Morgan fingerprint density at radius 2 is 2.08 bits per heavy atom. The third-order valence-corrected chi connectivity index (χ3v) is 4.28. The molecule has 1 atom stereocenters. The summed E-state index contributed by atoms with van der Waals surface area (Å²) >= 11 is 5.88. The number of rotatable bonds is 6. The van der Waals surface area contributed by atoms with E-state index in [1.54, 1.807) is 7.05 Å². The van der Waals surface area contributed by atoms with Crippen molar-refractivity contribution in [2.45, 2.75) is 39.0 Å². The van der Waals surface area contributed by atoms with Gasteiger partial charge in [0.2, 0.25) is 0 Å². The Balaban J connectivity index is 0.00000243. The number of ether oxygens (including phenoxy) is 1. The third kappa shape index (κ3) is 5.47. The molecule has 1 aliphatic heterocycles. The van der Waals surface area contributed by atoms with E-state index < -0.39 is 0 Å². The standard InChI is InChI=1S/C17H23ClN6O.HI/c1-12(25-14-7-5-13(18)6-8-14)10-20-17(19-2)21-11-16-23-22-15-4-3-9-24(15)16;/h5-8,12H,3-4,9-11H2,1-2H3,(H2,19,20,21);1H. The molecule has 2 aromatic rings. The van der Waals surface area contributed by atoms with Gasteiger partial charge >= 0.3 is 0 Å². The molecule has 0 spiro atoms. The molecule has 9 heteroatoms. The van der Waals surface area contributed by atoms with Crippen LogP contribution < -0.4 is 15.4 Å². The van der Waals surface area contributed by atoms with E-state index in [2.05, 4.69) is 30.4 Å². The molecule has 142 valence electrons. The topological polar surface area (TPSA) is 76.4 Å². The van der Waals surface area contributed by atoms with Crippen LogP contribution in [0.3, 0.4) is 0 Å². The number of aromatic nitrogens is 3. The van der Waals surface area contributed by atoms with Gasteiger partial charge in [-0.1, -0.05) is 11.6 Å². The maximum absolute atomic E-state index is 5.88. The van der Waals surface area contributed by atoms with Crippen molar-refractivity contribution in [2.24, 2.45) is 4.99 Å². The first-order valence-electron chi connectivity index (χ1n) is 8.43. The van der Waals surface area contributed by atoms with E-state index >= 15 is 0 Å². The monoisotopic (exact) mass is 490 g/mol. The fourth-order valence-electron chi connectivity index (χ4n) is 2.75. The van der Waals surface area contributed by atoms with Crippen LogP contribution in [0.25, 0.3) is 0 Å². The molecule has 0 saturated carbocycles. The van der Waals surface area contributed by atoms with Gasteiger partial charge in [0.15, 0.2) is 11.8 Å². The lowest BCUT2D eigenvalue weighted by molar-refractivity contribution is 0.224. The van der Waals surface area contributed by atoms with Gasteiger partial charge in [0.25, 0.3) is 0 Å². The molecule has 2 N–H and O–H groups in total. The van der Waals surface area contributed by atoms with Gasteiger partial charge in [-0.15, -0.1) is 34.2 Å². The molecule has 0 saturated heterocycles. The second-order valence-corrected chi connectivity index (χ2v) is 6.41. The molecule has 0 fully saturated rings. The summed E-state index contributed by atoms with van der Waals surface area (Å²) < 4.78 is 8.02. The molecular weight excluding hydrogens is 467 g/mol. The number of nitrogens with one attached hydrogen (secondary N) is 2. The molecule has 0 radical (unpaired) electrons. The highest BCUT2D eigenvalue weighted by Gasteiger charge is 2.17. The van der Waals surface area contributed by atoms with Crippen molar-refractivity contribution < 1.29 is 4.74 Å². The van der Waals surface area contributed by atoms with Gasteiger partial charge in [0, 0.05) is 25.0 Å². The summed E-state index contributed by atoms with van der Waals surface area (Å²) in [7, 11) is 1.74. The van der Waals surface area contributed by atoms with E-state index in [9.17, 15) is 0 Å². The average Bonchev–Trinajstić information content (AvgIpc) is 3.21. The second kappa shape index (κ2) is 9.96. The first-order valence-corrected chi connectivity index (χ1v) is 8.81. The van der Waals surface area contributed by atoms with E-state index in [0.29, 0.717) is 24.1 Å². The zero-order valence-electron chi connectivity index (χ0n) is 14.9. The molecule has 26 heavy (non-hydrogen) atoms. The number of guanidine groups is 1. The van der Waals surface area contributed by atoms with Crippen molar-refractivity contribution in [2.75, 3.05) is 13.6 Å². The molecular formula is C17H24ClIN6O. The van der Waals surface area contributed by atoms with Crippen LogP contribution in [0.1, 0.15) is 25.0 Å². The molecule has 1 aliphatic rings. The van der Waals surface area contributed by atoms with Crippen molar-refractivity contribution in [3.63, 3.8) is 0 Å². The number of nitrogens with zero attached hydrogens (tertiary/aromatic N) is 4. The van der Waals surface area contributed by atoms with Gasteiger partial charge in [0.1, 0.15) is 17.7 Å². The summed E-state index contributed by atoms with van der Waals surface area (Å²) in [6.07, 6.45) is 2.14. The number of benzene rings is 1. The minimum Gasteiger partial charge on any atom is -0.489 e. The number of halogens is 2. The fraction of sp³-hybridized carbons (Fsp3) is 0.471. The fourth-order valence-corrected chi connectivity index (χ4v) is 2.88. The van der Waals surface area contributed by atoms with E-state index in [0.717, 1.165) is 36.8 Å². The highest BCUT2D eigenvalue weighted by atomic mass is 127. The van der Waals surface area contributed by atoms with Crippen molar-refractivity contribution in [1.82, 2.24) is 25.4 Å². The molecule has 0 aliphatic carbocycles. The third-order valence-electron chi connectivity index (χ3n) is 4.03. The molecule has 2 heterocycles. The lowest BCUT2D eigenvalue weighted by atomic mass is 10.3. The van der Waals surface area contributed by atoms with Crippen LogP contribution >= 0.6 is 35.6 Å². The summed E-state index contributed by atoms with van der Waals surface area (Å²) in [4.78, 5) is 4.24. The highest BCUT2D eigenvalue weighted by molar-refractivity contribution is 14.0. The van der Waals surface area contributed by atoms with Gasteiger partial charge in [-0.25, -0.2) is 0 Å². The summed E-state index contributed by atoms with van der Waals surface area (Å²) in [6.45, 7) is 4.22. The van der Waals surface area contributed by atoms with E-state index in [1.807, 2.05) is 31.2 Å². The maximum atomic E-state index is 5.88. The average molecular weight is 491 g/mol. The first-order chi connectivity index (χ1) is 12.2.